The molecule has 0 saturated heterocycles. The van der Waals surface area contributed by atoms with Crippen LogP contribution in [0, 0.1) is 0 Å². The first kappa shape index (κ1) is 14.7. The van der Waals surface area contributed by atoms with E-state index < -0.39 is 11.9 Å². The minimum Gasteiger partial charge on any atom is -0.481 e. The number of fused-ring (bicyclic) bond motifs is 1. The molecule has 1 aromatic carbocycles. The molecule has 2 aromatic rings. The Kier molecular flexibility index (Phi) is 4.51. The molecule has 20 heavy (non-hydrogen) atoms. The van der Waals surface area contributed by atoms with Crippen molar-refractivity contribution in [2.75, 3.05) is 12.9 Å². The van der Waals surface area contributed by atoms with Crippen molar-refractivity contribution in [1.82, 2.24) is 9.55 Å². The molecule has 0 aliphatic heterocycles. The molecule has 0 amide bonds. The van der Waals surface area contributed by atoms with Gasteiger partial charge in [0, 0.05) is 0 Å². The standard InChI is InChI=1S/C12H11ClN2O4S/c1-19-10(18)5-15-11-7(13)3-2-4-8(11)14-12(15)20-6-9(16)17/h2-4H,5-6H2,1H3,(H,16,17). The van der Waals surface area contributed by atoms with Crippen molar-refractivity contribution in [3.8, 4) is 0 Å². The van der Waals surface area contributed by atoms with Crippen LogP contribution in [0.2, 0.25) is 5.02 Å². The molecule has 1 aromatic heterocycles. The van der Waals surface area contributed by atoms with Crippen LogP contribution in [0.1, 0.15) is 0 Å². The smallest absolute Gasteiger partial charge is 0.325 e. The number of imidazole rings is 1. The Morgan fingerprint density at radius 3 is 2.90 bits per heavy atom. The van der Waals surface area contributed by atoms with E-state index in [0.29, 0.717) is 21.2 Å². The number of para-hydroxylation sites is 1. The molecular weight excluding hydrogens is 304 g/mol. The molecule has 0 fully saturated rings. The summed E-state index contributed by atoms with van der Waals surface area (Å²) in [7, 11) is 1.28. The van der Waals surface area contributed by atoms with Gasteiger partial charge in [0.25, 0.3) is 0 Å². The van der Waals surface area contributed by atoms with Gasteiger partial charge in [0.1, 0.15) is 6.54 Å². The first-order valence-corrected chi connectivity index (χ1v) is 6.95. The van der Waals surface area contributed by atoms with Gasteiger partial charge in [0.05, 0.1) is 28.9 Å². The number of nitrogens with zero attached hydrogens (tertiary/aromatic N) is 2. The number of benzene rings is 1. The maximum atomic E-state index is 11.5. The molecule has 0 unspecified atom stereocenters. The Morgan fingerprint density at radius 1 is 1.50 bits per heavy atom. The number of aromatic nitrogens is 2. The van der Waals surface area contributed by atoms with E-state index in [4.69, 9.17) is 16.7 Å². The summed E-state index contributed by atoms with van der Waals surface area (Å²) in [5, 5.41) is 9.61. The Morgan fingerprint density at radius 2 is 2.25 bits per heavy atom. The van der Waals surface area contributed by atoms with Gasteiger partial charge in [-0.1, -0.05) is 29.4 Å². The summed E-state index contributed by atoms with van der Waals surface area (Å²) in [6.45, 7) is -0.0707. The molecule has 0 aliphatic carbocycles. The highest BCUT2D eigenvalue weighted by Crippen LogP contribution is 2.29. The fourth-order valence-electron chi connectivity index (χ4n) is 1.70. The van der Waals surface area contributed by atoms with E-state index in [1.165, 1.54) is 7.11 Å². The Hall–Kier alpha value is -1.73. The topological polar surface area (TPSA) is 81.4 Å². The summed E-state index contributed by atoms with van der Waals surface area (Å²) < 4.78 is 6.20. The summed E-state index contributed by atoms with van der Waals surface area (Å²) in [6, 6.07) is 5.18. The molecule has 0 spiro atoms. The summed E-state index contributed by atoms with van der Waals surface area (Å²) in [5.74, 6) is -1.57. The lowest BCUT2D eigenvalue weighted by atomic mass is 10.3. The maximum Gasteiger partial charge on any atom is 0.325 e. The van der Waals surface area contributed by atoms with Crippen molar-refractivity contribution in [3.63, 3.8) is 0 Å². The summed E-state index contributed by atoms with van der Waals surface area (Å²) in [4.78, 5) is 26.5. The quantitative estimate of drug-likeness (QED) is 0.672. The predicted octanol–water partition coefficient (Wildman–Crippen LogP) is 2.04. The highest BCUT2D eigenvalue weighted by atomic mass is 35.5. The fourth-order valence-corrected chi connectivity index (χ4v) is 2.70. The zero-order valence-electron chi connectivity index (χ0n) is 10.5. The molecule has 1 N–H and O–H groups in total. The number of ether oxygens (including phenoxy) is 1. The predicted molar refractivity (Wildman–Crippen MR) is 75.1 cm³/mol. The van der Waals surface area contributed by atoms with E-state index in [9.17, 15) is 9.59 Å². The fraction of sp³-hybridized carbons (Fsp3) is 0.250. The molecule has 6 nitrogen and oxygen atoms in total. The lowest BCUT2D eigenvalue weighted by Gasteiger charge is -2.07. The van der Waals surface area contributed by atoms with Crippen LogP contribution in [0.25, 0.3) is 11.0 Å². The zero-order valence-corrected chi connectivity index (χ0v) is 12.1. The Bertz CT molecular complexity index is 671. The number of aliphatic carboxylic acids is 1. The van der Waals surface area contributed by atoms with Crippen LogP contribution in [0.3, 0.4) is 0 Å². The van der Waals surface area contributed by atoms with E-state index in [1.807, 2.05) is 0 Å². The van der Waals surface area contributed by atoms with Crippen LogP contribution >= 0.6 is 23.4 Å². The third-order valence-corrected chi connectivity index (χ3v) is 3.79. The molecular formula is C12H11ClN2O4S. The molecule has 2 rings (SSSR count). The van der Waals surface area contributed by atoms with E-state index >= 15 is 0 Å². The normalized spacial score (nSPS) is 10.7. The van der Waals surface area contributed by atoms with Gasteiger partial charge in [-0.3, -0.25) is 9.59 Å². The molecule has 0 radical (unpaired) electrons. The SMILES string of the molecule is COC(=O)Cn1c(SCC(=O)O)nc2cccc(Cl)c21. The number of esters is 1. The molecule has 0 aliphatic rings. The average molecular weight is 315 g/mol. The van der Waals surface area contributed by atoms with E-state index in [0.717, 1.165) is 11.8 Å². The summed E-state index contributed by atoms with van der Waals surface area (Å²) in [5.41, 5.74) is 1.20. The van der Waals surface area contributed by atoms with Crippen LogP contribution < -0.4 is 0 Å². The number of methoxy groups -OCH3 is 1. The summed E-state index contributed by atoms with van der Waals surface area (Å²) in [6.07, 6.45) is 0. The number of carboxylic acids is 1. The Balaban J connectivity index is 2.48. The van der Waals surface area contributed by atoms with Crippen LogP contribution in [0.15, 0.2) is 23.4 Å². The average Bonchev–Trinajstić information content (AvgIpc) is 2.75. The number of hydrogen-bond acceptors (Lipinski definition) is 5. The van der Waals surface area contributed by atoms with Gasteiger partial charge in [-0.05, 0) is 12.1 Å². The number of halogens is 1. The largest absolute Gasteiger partial charge is 0.481 e. The number of carbonyl (C=O) groups is 2. The van der Waals surface area contributed by atoms with Gasteiger partial charge in [-0.2, -0.15) is 0 Å². The molecule has 0 bridgehead atoms. The summed E-state index contributed by atoms with van der Waals surface area (Å²) >= 11 is 7.15. The number of hydrogen-bond donors (Lipinski definition) is 1. The second-order valence-corrected chi connectivity index (χ2v) is 5.20. The molecule has 8 heteroatoms. The highest BCUT2D eigenvalue weighted by Gasteiger charge is 2.17. The van der Waals surface area contributed by atoms with Gasteiger partial charge in [-0.15, -0.1) is 0 Å². The lowest BCUT2D eigenvalue weighted by molar-refractivity contribution is -0.141. The minimum absolute atomic E-state index is 0.0707. The highest BCUT2D eigenvalue weighted by molar-refractivity contribution is 7.99. The van der Waals surface area contributed by atoms with Crippen molar-refractivity contribution in [2.24, 2.45) is 0 Å². The first-order valence-electron chi connectivity index (χ1n) is 5.59. The van der Waals surface area contributed by atoms with Gasteiger partial charge in [0.2, 0.25) is 0 Å². The van der Waals surface area contributed by atoms with E-state index in [1.54, 1.807) is 22.8 Å². The third-order valence-electron chi connectivity index (χ3n) is 2.52. The monoisotopic (exact) mass is 314 g/mol. The first-order chi connectivity index (χ1) is 9.52. The second kappa shape index (κ2) is 6.15. The molecule has 0 atom stereocenters. The molecule has 1 heterocycles. The van der Waals surface area contributed by atoms with Crippen molar-refractivity contribution in [3.05, 3.63) is 23.2 Å². The van der Waals surface area contributed by atoms with E-state index in [2.05, 4.69) is 9.72 Å². The minimum atomic E-state index is -0.960. The maximum absolute atomic E-state index is 11.5. The van der Waals surface area contributed by atoms with Crippen molar-refractivity contribution in [1.29, 1.82) is 0 Å². The van der Waals surface area contributed by atoms with Crippen molar-refractivity contribution < 1.29 is 19.4 Å². The van der Waals surface area contributed by atoms with Crippen LogP contribution in [-0.4, -0.2) is 39.5 Å². The third kappa shape index (κ3) is 3.05. The van der Waals surface area contributed by atoms with E-state index in [-0.39, 0.29) is 12.3 Å². The van der Waals surface area contributed by atoms with Crippen LogP contribution in [0.5, 0.6) is 0 Å². The van der Waals surface area contributed by atoms with Gasteiger partial charge < -0.3 is 14.4 Å². The zero-order chi connectivity index (χ0) is 14.7. The Labute approximate surface area is 123 Å². The van der Waals surface area contributed by atoms with Gasteiger partial charge in [0.15, 0.2) is 5.16 Å². The number of carbonyl (C=O) groups excluding carboxylic acids is 1. The van der Waals surface area contributed by atoms with Crippen molar-refractivity contribution >= 4 is 46.3 Å². The van der Waals surface area contributed by atoms with Gasteiger partial charge in [-0.25, -0.2) is 4.98 Å². The molecule has 106 valence electrons. The lowest BCUT2D eigenvalue weighted by Crippen LogP contribution is -2.13. The number of rotatable bonds is 5. The number of thioether (sulfide) groups is 1. The number of carboxylic acid groups (broad SMARTS) is 1. The van der Waals surface area contributed by atoms with Crippen molar-refractivity contribution in [2.45, 2.75) is 11.7 Å². The second-order valence-electron chi connectivity index (χ2n) is 3.85. The van der Waals surface area contributed by atoms with Gasteiger partial charge >= 0.3 is 11.9 Å². The molecule has 0 saturated carbocycles. The van der Waals surface area contributed by atoms with Crippen LogP contribution in [-0.2, 0) is 20.9 Å². The van der Waals surface area contributed by atoms with Crippen LogP contribution in [0.4, 0.5) is 0 Å².